The van der Waals surface area contributed by atoms with Gasteiger partial charge in [-0.05, 0) is 25.3 Å². The van der Waals surface area contributed by atoms with E-state index in [2.05, 4.69) is 21.8 Å². The molecule has 1 aromatic rings. The molecule has 1 aliphatic rings. The number of aromatic amines is 1. The first-order valence-electron chi connectivity index (χ1n) is 6.87. The third kappa shape index (κ3) is 3.42. The normalized spacial score (nSPS) is 21.4. The number of piperidine rings is 1. The number of hydrogen-bond acceptors (Lipinski definition) is 3. The van der Waals surface area contributed by atoms with Crippen LogP contribution in [0.3, 0.4) is 0 Å². The molecule has 1 unspecified atom stereocenters. The molecule has 0 aromatic carbocycles. The zero-order valence-corrected chi connectivity index (χ0v) is 11.6. The Labute approximate surface area is 108 Å². The van der Waals surface area contributed by atoms with Crippen molar-refractivity contribution in [2.45, 2.75) is 46.1 Å². The smallest absolute Gasteiger partial charge is 0.251 e. The van der Waals surface area contributed by atoms with E-state index in [-0.39, 0.29) is 11.5 Å². The van der Waals surface area contributed by atoms with E-state index in [0.717, 1.165) is 37.1 Å². The van der Waals surface area contributed by atoms with Gasteiger partial charge in [-0.25, -0.2) is 4.98 Å². The molecule has 1 saturated heterocycles. The monoisotopic (exact) mass is 249 g/mol. The molecule has 0 saturated carbocycles. The highest BCUT2D eigenvalue weighted by molar-refractivity contribution is 5.05. The third-order valence-electron chi connectivity index (χ3n) is 3.49. The van der Waals surface area contributed by atoms with Crippen LogP contribution in [0, 0.1) is 5.92 Å². The average molecular weight is 249 g/mol. The number of nitrogens with zero attached hydrogens (tertiary/aromatic N) is 2. The van der Waals surface area contributed by atoms with Crippen LogP contribution in [-0.4, -0.2) is 28.0 Å². The van der Waals surface area contributed by atoms with E-state index in [1.807, 2.05) is 13.8 Å². The lowest BCUT2D eigenvalue weighted by Gasteiger charge is -2.30. The predicted molar refractivity (Wildman–Crippen MR) is 72.6 cm³/mol. The molecule has 1 atom stereocenters. The molecule has 0 radical (unpaired) electrons. The molecule has 18 heavy (non-hydrogen) atoms. The summed E-state index contributed by atoms with van der Waals surface area (Å²) in [6, 6.07) is 1.63. The lowest BCUT2D eigenvalue weighted by molar-refractivity contribution is 0.174. The van der Waals surface area contributed by atoms with Crippen molar-refractivity contribution in [1.82, 2.24) is 14.9 Å². The van der Waals surface area contributed by atoms with Crippen molar-refractivity contribution in [1.29, 1.82) is 0 Å². The molecule has 2 rings (SSSR count). The summed E-state index contributed by atoms with van der Waals surface area (Å²) in [5.41, 5.74) is 0.866. The summed E-state index contributed by atoms with van der Waals surface area (Å²) in [5.74, 6) is 1.81. The van der Waals surface area contributed by atoms with Crippen LogP contribution >= 0.6 is 0 Å². The number of H-pyrrole nitrogens is 1. The number of hydrogen-bond donors (Lipinski definition) is 1. The number of nitrogens with one attached hydrogen (secondary N) is 1. The van der Waals surface area contributed by atoms with Gasteiger partial charge in [0, 0.05) is 25.1 Å². The zero-order valence-electron chi connectivity index (χ0n) is 11.6. The van der Waals surface area contributed by atoms with Crippen LogP contribution in [0.4, 0.5) is 0 Å². The highest BCUT2D eigenvalue weighted by atomic mass is 16.1. The van der Waals surface area contributed by atoms with Gasteiger partial charge in [-0.1, -0.05) is 20.8 Å². The molecule has 1 aliphatic heterocycles. The minimum atomic E-state index is -0.0336. The first-order chi connectivity index (χ1) is 8.54. The van der Waals surface area contributed by atoms with Crippen molar-refractivity contribution in [3.05, 3.63) is 27.9 Å². The molecular formula is C14H23N3O. The fraction of sp³-hybridized carbons (Fsp3) is 0.714. The number of aromatic nitrogens is 2. The van der Waals surface area contributed by atoms with Gasteiger partial charge in [0.1, 0.15) is 5.82 Å². The van der Waals surface area contributed by atoms with Gasteiger partial charge in [0.2, 0.25) is 0 Å². The summed E-state index contributed by atoms with van der Waals surface area (Å²) in [4.78, 5) is 21.4. The van der Waals surface area contributed by atoms with E-state index in [0.29, 0.717) is 0 Å². The van der Waals surface area contributed by atoms with Crippen LogP contribution in [0.1, 0.15) is 51.0 Å². The summed E-state index contributed by atoms with van der Waals surface area (Å²) < 4.78 is 0. The Morgan fingerprint density at radius 1 is 1.56 bits per heavy atom. The van der Waals surface area contributed by atoms with Gasteiger partial charge in [0.05, 0.1) is 5.69 Å². The van der Waals surface area contributed by atoms with E-state index in [1.54, 1.807) is 6.07 Å². The van der Waals surface area contributed by atoms with Crippen molar-refractivity contribution in [2.24, 2.45) is 5.92 Å². The third-order valence-corrected chi connectivity index (χ3v) is 3.49. The molecule has 4 heteroatoms. The van der Waals surface area contributed by atoms with Crippen molar-refractivity contribution >= 4 is 0 Å². The molecular weight excluding hydrogens is 226 g/mol. The largest absolute Gasteiger partial charge is 0.310 e. The molecule has 0 bridgehead atoms. The second-order valence-corrected chi connectivity index (χ2v) is 5.76. The molecule has 1 fully saturated rings. The molecule has 0 amide bonds. The zero-order chi connectivity index (χ0) is 13.1. The Bertz CT molecular complexity index is 453. The van der Waals surface area contributed by atoms with Crippen LogP contribution < -0.4 is 5.56 Å². The standard InChI is InChI=1S/C14H23N3O/c1-10(2)14-15-12(7-13(18)16-14)9-17-6-4-5-11(3)8-17/h7,10-11H,4-6,8-9H2,1-3H3,(H,15,16,18). The maximum Gasteiger partial charge on any atom is 0.251 e. The van der Waals surface area contributed by atoms with E-state index >= 15 is 0 Å². The Hall–Kier alpha value is -1.16. The van der Waals surface area contributed by atoms with Crippen molar-refractivity contribution in [3.8, 4) is 0 Å². The second-order valence-electron chi connectivity index (χ2n) is 5.76. The quantitative estimate of drug-likeness (QED) is 0.892. The Balaban J connectivity index is 2.11. The van der Waals surface area contributed by atoms with Gasteiger partial charge in [0.25, 0.3) is 5.56 Å². The second kappa shape index (κ2) is 5.65. The van der Waals surface area contributed by atoms with Gasteiger partial charge in [0.15, 0.2) is 0 Å². The molecule has 1 N–H and O–H groups in total. The van der Waals surface area contributed by atoms with Crippen molar-refractivity contribution in [2.75, 3.05) is 13.1 Å². The molecule has 0 aliphatic carbocycles. The highest BCUT2D eigenvalue weighted by Crippen LogP contribution is 2.17. The minimum Gasteiger partial charge on any atom is -0.310 e. The SMILES string of the molecule is CC1CCCN(Cc2cc(=O)[nH]c(C(C)C)n2)C1. The van der Waals surface area contributed by atoms with Crippen molar-refractivity contribution in [3.63, 3.8) is 0 Å². The van der Waals surface area contributed by atoms with E-state index in [9.17, 15) is 4.79 Å². The van der Waals surface area contributed by atoms with Crippen LogP contribution in [0.15, 0.2) is 10.9 Å². The van der Waals surface area contributed by atoms with Crippen LogP contribution in [0.5, 0.6) is 0 Å². The van der Waals surface area contributed by atoms with Crippen LogP contribution in [0.25, 0.3) is 0 Å². The number of rotatable bonds is 3. The molecule has 4 nitrogen and oxygen atoms in total. The van der Waals surface area contributed by atoms with E-state index < -0.39 is 0 Å². The minimum absolute atomic E-state index is 0.0336. The van der Waals surface area contributed by atoms with E-state index in [4.69, 9.17) is 0 Å². The van der Waals surface area contributed by atoms with Gasteiger partial charge in [-0.3, -0.25) is 9.69 Å². The fourth-order valence-electron chi connectivity index (χ4n) is 2.54. The maximum absolute atomic E-state index is 11.6. The maximum atomic E-state index is 11.6. The molecule has 100 valence electrons. The highest BCUT2D eigenvalue weighted by Gasteiger charge is 2.17. The average Bonchev–Trinajstić information content (AvgIpc) is 2.28. The Kier molecular flexibility index (Phi) is 4.17. The van der Waals surface area contributed by atoms with Crippen LogP contribution in [-0.2, 0) is 6.54 Å². The summed E-state index contributed by atoms with van der Waals surface area (Å²) in [6.45, 7) is 9.42. The van der Waals surface area contributed by atoms with Gasteiger partial charge < -0.3 is 4.98 Å². The Morgan fingerprint density at radius 3 is 3.00 bits per heavy atom. The Morgan fingerprint density at radius 2 is 2.33 bits per heavy atom. The number of likely N-dealkylation sites (tertiary alicyclic amines) is 1. The van der Waals surface area contributed by atoms with Gasteiger partial charge in [-0.2, -0.15) is 0 Å². The summed E-state index contributed by atoms with van der Waals surface area (Å²) >= 11 is 0. The molecule has 0 spiro atoms. The lowest BCUT2D eigenvalue weighted by Crippen LogP contribution is -2.34. The van der Waals surface area contributed by atoms with Gasteiger partial charge >= 0.3 is 0 Å². The summed E-state index contributed by atoms with van der Waals surface area (Å²) in [7, 11) is 0. The predicted octanol–water partition coefficient (Wildman–Crippen LogP) is 2.13. The summed E-state index contributed by atoms with van der Waals surface area (Å²) in [6.07, 6.45) is 2.57. The topological polar surface area (TPSA) is 49.0 Å². The fourth-order valence-corrected chi connectivity index (χ4v) is 2.54. The lowest BCUT2D eigenvalue weighted by atomic mass is 10.0. The summed E-state index contributed by atoms with van der Waals surface area (Å²) in [5, 5.41) is 0. The first kappa shape index (κ1) is 13.3. The molecule has 1 aromatic heterocycles. The van der Waals surface area contributed by atoms with Crippen molar-refractivity contribution < 1.29 is 0 Å². The molecule has 2 heterocycles. The van der Waals surface area contributed by atoms with Crippen LogP contribution in [0.2, 0.25) is 0 Å². The van der Waals surface area contributed by atoms with Gasteiger partial charge in [-0.15, -0.1) is 0 Å². The van der Waals surface area contributed by atoms with E-state index in [1.165, 1.54) is 12.8 Å². The first-order valence-corrected chi connectivity index (χ1v) is 6.87.